The first-order chi connectivity index (χ1) is 8.69. The van der Waals surface area contributed by atoms with Crippen LogP contribution in [0.25, 0.3) is 0 Å². The number of hydrogen-bond donors (Lipinski definition) is 0. The van der Waals surface area contributed by atoms with Crippen molar-refractivity contribution >= 4 is 33.3 Å². The molecule has 1 rings (SSSR count). The molecule has 0 saturated carbocycles. The summed E-state index contributed by atoms with van der Waals surface area (Å²) < 4.78 is 5.19. The molecule has 0 aromatic heterocycles. The summed E-state index contributed by atoms with van der Waals surface area (Å²) in [6, 6.07) is 0. The molecule has 1 aliphatic carbocycles. The van der Waals surface area contributed by atoms with Gasteiger partial charge in [0.15, 0.2) is 17.3 Å². The highest BCUT2D eigenvalue weighted by Gasteiger charge is 2.50. The van der Waals surface area contributed by atoms with Gasteiger partial charge in [0.1, 0.15) is 11.7 Å². The van der Waals surface area contributed by atoms with Gasteiger partial charge in [-0.3, -0.25) is 14.4 Å². The van der Waals surface area contributed by atoms with Crippen LogP contribution in [0.1, 0.15) is 27.7 Å². The van der Waals surface area contributed by atoms with E-state index in [9.17, 15) is 14.4 Å². The van der Waals surface area contributed by atoms with Crippen LogP contribution in [0, 0.1) is 17.3 Å². The predicted molar refractivity (Wildman–Crippen MR) is 75.0 cm³/mol. The van der Waals surface area contributed by atoms with Gasteiger partial charge in [-0.15, -0.1) is 0 Å². The fourth-order valence-corrected chi connectivity index (χ4v) is 2.74. The smallest absolute Gasteiger partial charge is 0.179 e. The Morgan fingerprint density at radius 3 is 2.37 bits per heavy atom. The Hall–Kier alpha value is -0.970. The maximum absolute atomic E-state index is 12.5. The largest absolute Gasteiger partial charge is 0.500 e. The van der Waals surface area contributed by atoms with Crippen LogP contribution in [0.4, 0.5) is 0 Å². The third-order valence-electron chi connectivity index (χ3n) is 3.62. The molecule has 106 valence electrons. The van der Waals surface area contributed by atoms with Crippen LogP contribution < -0.4 is 0 Å². The SMILES string of the molecule is COC1=C(C)C(=O)C(C(=O)C(C)CBr)C(=O)C1(C)C. The highest BCUT2D eigenvalue weighted by atomic mass is 79.9. The maximum Gasteiger partial charge on any atom is 0.179 e. The van der Waals surface area contributed by atoms with E-state index in [1.165, 1.54) is 7.11 Å². The number of allylic oxidation sites excluding steroid dienone is 2. The molecule has 0 aromatic carbocycles. The fourth-order valence-electron chi connectivity index (χ4n) is 2.42. The van der Waals surface area contributed by atoms with E-state index in [0.717, 1.165) is 0 Å². The topological polar surface area (TPSA) is 60.4 Å². The highest BCUT2D eigenvalue weighted by molar-refractivity contribution is 9.09. The fraction of sp³-hybridized carbons (Fsp3) is 0.643. The van der Waals surface area contributed by atoms with E-state index in [0.29, 0.717) is 16.7 Å². The minimum absolute atomic E-state index is 0.325. The van der Waals surface area contributed by atoms with E-state index in [2.05, 4.69) is 15.9 Å². The number of Topliss-reactive ketones (excluding diaryl/α,β-unsaturated/α-hetero) is 3. The van der Waals surface area contributed by atoms with Gasteiger partial charge in [-0.1, -0.05) is 22.9 Å². The average Bonchev–Trinajstić information content (AvgIpc) is 2.36. The molecule has 1 aliphatic rings. The second kappa shape index (κ2) is 5.57. The summed E-state index contributed by atoms with van der Waals surface area (Å²) in [6.07, 6.45) is 0. The van der Waals surface area contributed by atoms with E-state index < -0.39 is 17.1 Å². The number of rotatable bonds is 4. The molecular formula is C14H19BrO4. The molecule has 0 heterocycles. The molecule has 0 bridgehead atoms. The molecule has 0 fully saturated rings. The van der Waals surface area contributed by atoms with Crippen molar-refractivity contribution in [2.45, 2.75) is 27.7 Å². The van der Waals surface area contributed by atoms with Crippen molar-refractivity contribution in [3.63, 3.8) is 0 Å². The van der Waals surface area contributed by atoms with Crippen LogP contribution in [0.5, 0.6) is 0 Å². The normalized spacial score (nSPS) is 24.4. The Kier molecular flexibility index (Phi) is 4.72. The summed E-state index contributed by atoms with van der Waals surface area (Å²) in [5.74, 6) is -2.34. The maximum atomic E-state index is 12.5. The summed E-state index contributed by atoms with van der Waals surface area (Å²) in [7, 11) is 1.43. The number of ether oxygens (including phenoxy) is 1. The monoisotopic (exact) mass is 330 g/mol. The molecule has 5 heteroatoms. The highest BCUT2D eigenvalue weighted by Crippen LogP contribution is 2.39. The van der Waals surface area contributed by atoms with E-state index in [-0.39, 0.29) is 17.5 Å². The lowest BCUT2D eigenvalue weighted by molar-refractivity contribution is -0.145. The lowest BCUT2D eigenvalue weighted by Gasteiger charge is -2.35. The van der Waals surface area contributed by atoms with Gasteiger partial charge >= 0.3 is 0 Å². The van der Waals surface area contributed by atoms with Gasteiger partial charge in [0.2, 0.25) is 0 Å². The van der Waals surface area contributed by atoms with Gasteiger partial charge in [-0.25, -0.2) is 0 Å². The lowest BCUT2D eigenvalue weighted by atomic mass is 9.68. The number of hydrogen-bond acceptors (Lipinski definition) is 4. The molecule has 4 nitrogen and oxygen atoms in total. The lowest BCUT2D eigenvalue weighted by Crippen LogP contribution is -2.48. The minimum Gasteiger partial charge on any atom is -0.500 e. The van der Waals surface area contributed by atoms with Crippen LogP contribution in [-0.4, -0.2) is 29.8 Å². The summed E-state index contributed by atoms with van der Waals surface area (Å²) in [5.41, 5.74) is -0.578. The number of carbonyl (C=O) groups is 3. The van der Waals surface area contributed by atoms with Gasteiger partial charge in [0, 0.05) is 16.8 Å². The number of halogens is 1. The number of ketones is 3. The summed E-state index contributed by atoms with van der Waals surface area (Å²) >= 11 is 3.21. The Morgan fingerprint density at radius 1 is 1.42 bits per heavy atom. The third-order valence-corrected chi connectivity index (χ3v) is 4.60. The number of alkyl halides is 1. The van der Waals surface area contributed by atoms with Crippen molar-refractivity contribution in [3.05, 3.63) is 11.3 Å². The van der Waals surface area contributed by atoms with Gasteiger partial charge in [0.25, 0.3) is 0 Å². The molecule has 0 N–H and O–H groups in total. The van der Waals surface area contributed by atoms with Crippen LogP contribution in [-0.2, 0) is 19.1 Å². The Bertz CT molecular complexity index is 462. The molecule has 0 amide bonds. The molecule has 0 spiro atoms. The number of methoxy groups -OCH3 is 1. The summed E-state index contributed by atoms with van der Waals surface area (Å²) in [6.45, 7) is 6.68. The Labute approximate surface area is 121 Å². The molecule has 2 unspecified atom stereocenters. The molecule has 0 radical (unpaired) electrons. The predicted octanol–water partition coefficient (Wildman–Crippen LogP) is 2.30. The second-order valence-electron chi connectivity index (χ2n) is 5.40. The van der Waals surface area contributed by atoms with E-state index in [1.54, 1.807) is 27.7 Å². The van der Waals surface area contributed by atoms with Crippen molar-refractivity contribution < 1.29 is 19.1 Å². The van der Waals surface area contributed by atoms with Crippen molar-refractivity contribution in [1.29, 1.82) is 0 Å². The van der Waals surface area contributed by atoms with Crippen molar-refractivity contribution in [2.24, 2.45) is 17.3 Å². The van der Waals surface area contributed by atoms with Gasteiger partial charge in [-0.2, -0.15) is 0 Å². The first-order valence-electron chi connectivity index (χ1n) is 6.13. The van der Waals surface area contributed by atoms with E-state index in [1.807, 2.05) is 0 Å². The first-order valence-corrected chi connectivity index (χ1v) is 7.25. The third kappa shape index (κ3) is 2.53. The second-order valence-corrected chi connectivity index (χ2v) is 6.05. The molecule has 2 atom stereocenters. The van der Waals surface area contributed by atoms with Gasteiger partial charge in [0.05, 0.1) is 12.5 Å². The standard InChI is InChI=1S/C14H19BrO4/c1-7(6-15)10(16)9-11(17)8(2)13(19-5)14(3,4)12(9)18/h7,9H,6H2,1-5H3. The van der Waals surface area contributed by atoms with Crippen LogP contribution >= 0.6 is 15.9 Å². The zero-order valence-electron chi connectivity index (χ0n) is 11.9. The van der Waals surface area contributed by atoms with Gasteiger partial charge < -0.3 is 4.74 Å². The minimum atomic E-state index is -1.19. The zero-order chi connectivity index (χ0) is 15.0. The van der Waals surface area contributed by atoms with Gasteiger partial charge in [-0.05, 0) is 20.8 Å². The average molecular weight is 331 g/mol. The van der Waals surface area contributed by atoms with Crippen LogP contribution in [0.15, 0.2) is 11.3 Å². The first kappa shape index (κ1) is 16.1. The summed E-state index contributed by atoms with van der Waals surface area (Å²) in [5, 5.41) is 0.434. The van der Waals surface area contributed by atoms with E-state index >= 15 is 0 Å². The molecule has 19 heavy (non-hydrogen) atoms. The Balaban J connectivity index is 3.33. The van der Waals surface area contributed by atoms with Crippen molar-refractivity contribution in [2.75, 3.05) is 12.4 Å². The number of carbonyl (C=O) groups excluding carboxylic acids is 3. The van der Waals surface area contributed by atoms with E-state index in [4.69, 9.17) is 4.74 Å². The molecule has 0 aromatic rings. The van der Waals surface area contributed by atoms with Crippen molar-refractivity contribution in [1.82, 2.24) is 0 Å². The molecule has 0 aliphatic heterocycles. The quantitative estimate of drug-likeness (QED) is 0.586. The molecular weight excluding hydrogens is 312 g/mol. The van der Waals surface area contributed by atoms with Crippen molar-refractivity contribution in [3.8, 4) is 0 Å². The Morgan fingerprint density at radius 2 is 1.95 bits per heavy atom. The van der Waals surface area contributed by atoms with Crippen LogP contribution in [0.2, 0.25) is 0 Å². The van der Waals surface area contributed by atoms with Crippen LogP contribution in [0.3, 0.4) is 0 Å². The zero-order valence-corrected chi connectivity index (χ0v) is 13.5. The molecule has 0 saturated heterocycles. The summed E-state index contributed by atoms with van der Waals surface area (Å²) in [4.78, 5) is 37.0.